The molecule has 25 heavy (non-hydrogen) atoms. The number of hydrogen-bond donors (Lipinski definition) is 2. The van der Waals surface area contributed by atoms with Crippen molar-refractivity contribution in [3.05, 3.63) is 45.7 Å². The Labute approximate surface area is 146 Å². The highest BCUT2D eigenvalue weighted by atomic mass is 16.5. The first kappa shape index (κ1) is 17.6. The molecule has 1 saturated heterocycles. The van der Waals surface area contributed by atoms with Crippen LogP contribution in [0.4, 0.5) is 0 Å². The third-order valence-corrected chi connectivity index (χ3v) is 4.69. The normalized spacial score (nSPS) is 17.2. The lowest BCUT2D eigenvalue weighted by Gasteiger charge is -2.12. The molecule has 3 rings (SSSR count). The fraction of sp³-hybridized carbons (Fsp3) is 0.474. The Morgan fingerprint density at radius 3 is 2.96 bits per heavy atom. The molecule has 1 aliphatic heterocycles. The van der Waals surface area contributed by atoms with Gasteiger partial charge in [0.05, 0.1) is 11.6 Å². The van der Waals surface area contributed by atoms with Crippen molar-refractivity contribution in [3.8, 4) is 0 Å². The van der Waals surface area contributed by atoms with Crippen molar-refractivity contribution in [2.24, 2.45) is 0 Å². The third kappa shape index (κ3) is 3.91. The number of ether oxygens (including phenoxy) is 1. The maximum atomic E-state index is 12.5. The van der Waals surface area contributed by atoms with Gasteiger partial charge >= 0.3 is 5.97 Å². The molecule has 134 valence electrons. The second-order valence-electron chi connectivity index (χ2n) is 6.40. The zero-order valence-corrected chi connectivity index (χ0v) is 14.5. The molecular formula is C19H24N2O4. The van der Waals surface area contributed by atoms with Crippen molar-refractivity contribution in [1.82, 2.24) is 9.88 Å². The first-order valence-corrected chi connectivity index (χ1v) is 8.82. The monoisotopic (exact) mass is 344 g/mol. The number of nitrogens with zero attached hydrogens (tertiary/aromatic N) is 1. The minimum absolute atomic E-state index is 0.177. The number of aromatic carboxylic acids is 1. The number of carbonyl (C=O) groups is 1. The van der Waals surface area contributed by atoms with Crippen molar-refractivity contribution in [2.45, 2.75) is 38.8 Å². The summed E-state index contributed by atoms with van der Waals surface area (Å²) < 4.78 is 7.62. The van der Waals surface area contributed by atoms with E-state index >= 15 is 0 Å². The predicted molar refractivity (Wildman–Crippen MR) is 96.4 cm³/mol. The molecule has 0 bridgehead atoms. The summed E-state index contributed by atoms with van der Waals surface area (Å²) in [4.78, 5) is 23.8. The van der Waals surface area contributed by atoms with Gasteiger partial charge in [0, 0.05) is 31.3 Å². The molecule has 1 fully saturated rings. The maximum absolute atomic E-state index is 12.5. The van der Waals surface area contributed by atoms with Gasteiger partial charge < -0.3 is 19.7 Å². The highest BCUT2D eigenvalue weighted by Gasteiger charge is 2.15. The number of pyridine rings is 1. The molecule has 0 saturated carbocycles. The van der Waals surface area contributed by atoms with Gasteiger partial charge in [-0.1, -0.05) is 6.07 Å². The molecule has 0 spiro atoms. The zero-order valence-electron chi connectivity index (χ0n) is 14.5. The van der Waals surface area contributed by atoms with Crippen molar-refractivity contribution in [1.29, 1.82) is 0 Å². The molecule has 1 aliphatic rings. The van der Waals surface area contributed by atoms with E-state index in [0.29, 0.717) is 24.6 Å². The minimum Gasteiger partial charge on any atom is -0.477 e. The minimum atomic E-state index is -1.18. The zero-order chi connectivity index (χ0) is 17.8. The SMILES string of the molecule is CCn1cc(C(=O)O)c(=O)c2cc(CCCO[C@@H]3CCNC3)ccc21. The summed E-state index contributed by atoms with van der Waals surface area (Å²) in [6.45, 7) is 5.17. The number of carboxylic acids is 1. The maximum Gasteiger partial charge on any atom is 0.341 e. The Morgan fingerprint density at radius 2 is 2.28 bits per heavy atom. The molecule has 0 unspecified atom stereocenters. The smallest absolute Gasteiger partial charge is 0.341 e. The van der Waals surface area contributed by atoms with Gasteiger partial charge in [0.15, 0.2) is 0 Å². The first-order chi connectivity index (χ1) is 12.1. The van der Waals surface area contributed by atoms with Gasteiger partial charge in [-0.3, -0.25) is 4.79 Å². The topological polar surface area (TPSA) is 80.6 Å². The average molecular weight is 344 g/mol. The number of aryl methyl sites for hydroxylation is 2. The van der Waals surface area contributed by atoms with E-state index in [-0.39, 0.29) is 5.56 Å². The predicted octanol–water partition coefficient (Wildman–Crippen LogP) is 2.03. The van der Waals surface area contributed by atoms with Crippen LogP contribution in [0.5, 0.6) is 0 Å². The van der Waals surface area contributed by atoms with Crippen LogP contribution in [0.15, 0.2) is 29.2 Å². The van der Waals surface area contributed by atoms with Gasteiger partial charge in [-0.15, -0.1) is 0 Å². The van der Waals surface area contributed by atoms with Crippen molar-refractivity contribution >= 4 is 16.9 Å². The first-order valence-electron chi connectivity index (χ1n) is 8.82. The van der Waals surface area contributed by atoms with Gasteiger partial charge in [0.2, 0.25) is 5.43 Å². The summed E-state index contributed by atoms with van der Waals surface area (Å²) in [5.74, 6) is -1.18. The van der Waals surface area contributed by atoms with E-state index in [4.69, 9.17) is 4.74 Å². The van der Waals surface area contributed by atoms with E-state index in [0.717, 1.165) is 43.4 Å². The standard InChI is InChI=1S/C19H24N2O4/c1-2-21-12-16(19(23)24)18(22)15-10-13(5-6-17(15)21)4-3-9-25-14-7-8-20-11-14/h5-6,10,12,14,20H,2-4,7-9,11H2,1H3,(H,23,24)/t14-/m1/s1. The third-order valence-electron chi connectivity index (χ3n) is 4.69. The number of hydrogen-bond acceptors (Lipinski definition) is 4. The van der Waals surface area contributed by atoms with Crippen LogP contribution in [0.3, 0.4) is 0 Å². The van der Waals surface area contributed by atoms with Crippen LogP contribution >= 0.6 is 0 Å². The van der Waals surface area contributed by atoms with Gasteiger partial charge in [-0.2, -0.15) is 0 Å². The highest BCUT2D eigenvalue weighted by molar-refractivity contribution is 5.92. The molecule has 1 aromatic carbocycles. The van der Waals surface area contributed by atoms with E-state index in [2.05, 4.69) is 5.32 Å². The van der Waals surface area contributed by atoms with E-state index in [1.807, 2.05) is 25.1 Å². The second kappa shape index (κ2) is 7.80. The Balaban J connectivity index is 1.77. The molecule has 6 heteroatoms. The van der Waals surface area contributed by atoms with Gasteiger partial charge in [-0.05, 0) is 50.4 Å². The molecule has 2 aromatic rings. The number of rotatable bonds is 7. The molecule has 1 atom stereocenters. The van der Waals surface area contributed by atoms with Crippen LogP contribution in [-0.2, 0) is 17.7 Å². The van der Waals surface area contributed by atoms with Crippen molar-refractivity contribution in [3.63, 3.8) is 0 Å². The summed E-state index contributed by atoms with van der Waals surface area (Å²) in [6, 6.07) is 5.74. The molecule has 2 N–H and O–H groups in total. The molecular weight excluding hydrogens is 320 g/mol. The van der Waals surface area contributed by atoms with E-state index in [1.54, 1.807) is 4.57 Å². The molecule has 6 nitrogen and oxygen atoms in total. The highest BCUT2D eigenvalue weighted by Crippen LogP contribution is 2.16. The lowest BCUT2D eigenvalue weighted by molar-refractivity contribution is 0.0655. The number of benzene rings is 1. The summed E-state index contributed by atoms with van der Waals surface area (Å²) in [6.07, 6.45) is 4.48. The van der Waals surface area contributed by atoms with Crippen LogP contribution in [0.25, 0.3) is 10.9 Å². The quantitative estimate of drug-likeness (QED) is 0.751. The largest absolute Gasteiger partial charge is 0.477 e. The molecule has 0 aliphatic carbocycles. The van der Waals surface area contributed by atoms with Crippen LogP contribution in [0.2, 0.25) is 0 Å². The number of carboxylic acid groups (broad SMARTS) is 1. The molecule has 0 amide bonds. The number of nitrogens with one attached hydrogen (secondary N) is 1. The van der Waals surface area contributed by atoms with Gasteiger partial charge in [-0.25, -0.2) is 4.79 Å². The van der Waals surface area contributed by atoms with E-state index in [9.17, 15) is 14.7 Å². The van der Waals surface area contributed by atoms with E-state index < -0.39 is 11.4 Å². The lowest BCUT2D eigenvalue weighted by Crippen LogP contribution is -2.19. The number of aromatic nitrogens is 1. The average Bonchev–Trinajstić information content (AvgIpc) is 3.12. The van der Waals surface area contributed by atoms with Crippen LogP contribution in [0, 0.1) is 0 Å². The Bertz CT molecular complexity index is 822. The van der Waals surface area contributed by atoms with Crippen LogP contribution in [-0.4, -0.2) is 41.4 Å². The summed E-state index contributed by atoms with van der Waals surface area (Å²) >= 11 is 0. The fourth-order valence-electron chi connectivity index (χ4n) is 3.31. The summed E-state index contributed by atoms with van der Waals surface area (Å²) in [5, 5.41) is 13.0. The Hall–Kier alpha value is -2.18. The number of fused-ring (bicyclic) bond motifs is 1. The van der Waals surface area contributed by atoms with Gasteiger partial charge in [0.25, 0.3) is 0 Å². The summed E-state index contributed by atoms with van der Waals surface area (Å²) in [5.41, 5.74) is 1.21. The molecule has 0 radical (unpaired) electrons. The molecule has 2 heterocycles. The van der Waals surface area contributed by atoms with Gasteiger partial charge in [0.1, 0.15) is 5.56 Å². The molecule has 1 aromatic heterocycles. The Kier molecular flexibility index (Phi) is 5.50. The lowest BCUT2D eigenvalue weighted by atomic mass is 10.0. The van der Waals surface area contributed by atoms with Crippen LogP contribution < -0.4 is 10.7 Å². The second-order valence-corrected chi connectivity index (χ2v) is 6.40. The van der Waals surface area contributed by atoms with E-state index in [1.165, 1.54) is 6.20 Å². The fourth-order valence-corrected chi connectivity index (χ4v) is 3.31. The van der Waals surface area contributed by atoms with Crippen molar-refractivity contribution in [2.75, 3.05) is 19.7 Å². The Morgan fingerprint density at radius 1 is 1.44 bits per heavy atom. The summed E-state index contributed by atoms with van der Waals surface area (Å²) in [7, 11) is 0. The van der Waals surface area contributed by atoms with Crippen LogP contribution in [0.1, 0.15) is 35.7 Å². The van der Waals surface area contributed by atoms with Crippen molar-refractivity contribution < 1.29 is 14.6 Å².